The highest BCUT2D eigenvalue weighted by Gasteiger charge is 2.20. The van der Waals surface area contributed by atoms with Crippen LogP contribution in [0.4, 0.5) is 0 Å². The van der Waals surface area contributed by atoms with Crippen molar-refractivity contribution in [3.8, 4) is 11.5 Å². The second kappa shape index (κ2) is 7.70. The lowest BCUT2D eigenvalue weighted by Crippen LogP contribution is -2.41. The van der Waals surface area contributed by atoms with Crippen LogP contribution >= 0.6 is 11.8 Å². The van der Waals surface area contributed by atoms with E-state index in [2.05, 4.69) is 35.6 Å². The van der Waals surface area contributed by atoms with Gasteiger partial charge in [0.1, 0.15) is 12.7 Å². The molecule has 3 aromatic rings. The summed E-state index contributed by atoms with van der Waals surface area (Å²) in [5.74, 6) is 1.85. The van der Waals surface area contributed by atoms with Crippen molar-refractivity contribution in [3.05, 3.63) is 66.7 Å². The number of nitrogens with one attached hydrogen (secondary N) is 1. The Bertz CT molecular complexity index is 928. The summed E-state index contributed by atoms with van der Waals surface area (Å²) in [7, 11) is 0. The van der Waals surface area contributed by atoms with Crippen molar-refractivity contribution >= 4 is 28.4 Å². The van der Waals surface area contributed by atoms with Crippen LogP contribution in [0.15, 0.2) is 71.6 Å². The van der Waals surface area contributed by atoms with E-state index in [1.54, 1.807) is 0 Å². The van der Waals surface area contributed by atoms with E-state index < -0.39 is 0 Å². The van der Waals surface area contributed by atoms with Crippen LogP contribution in [-0.4, -0.2) is 30.9 Å². The van der Waals surface area contributed by atoms with Crippen molar-refractivity contribution in [2.75, 3.05) is 18.9 Å². The van der Waals surface area contributed by atoms with Gasteiger partial charge in [-0.05, 0) is 35.0 Å². The summed E-state index contributed by atoms with van der Waals surface area (Å²) >= 11 is 1.53. The maximum absolute atomic E-state index is 12.1. The van der Waals surface area contributed by atoms with E-state index in [-0.39, 0.29) is 12.0 Å². The molecular weight excluding hydrogens is 346 g/mol. The summed E-state index contributed by atoms with van der Waals surface area (Å²) in [5, 5.41) is 5.32. The molecule has 4 rings (SSSR count). The zero-order valence-electron chi connectivity index (χ0n) is 14.2. The number of hydrogen-bond donors (Lipinski definition) is 1. The Morgan fingerprint density at radius 2 is 1.77 bits per heavy atom. The number of ether oxygens (including phenoxy) is 2. The second-order valence-corrected chi connectivity index (χ2v) is 7.15. The third-order valence-corrected chi connectivity index (χ3v) is 5.18. The lowest BCUT2D eigenvalue weighted by Gasteiger charge is -2.26. The largest absolute Gasteiger partial charge is 0.486 e. The van der Waals surface area contributed by atoms with Crippen LogP contribution in [0.5, 0.6) is 11.5 Å². The minimum absolute atomic E-state index is 0.00869. The Kier molecular flexibility index (Phi) is 4.97. The summed E-state index contributed by atoms with van der Waals surface area (Å²) in [6, 6.07) is 22.0. The van der Waals surface area contributed by atoms with Crippen LogP contribution in [0.1, 0.15) is 0 Å². The Morgan fingerprint density at radius 3 is 2.65 bits per heavy atom. The average molecular weight is 365 g/mol. The fourth-order valence-corrected chi connectivity index (χ4v) is 3.62. The fraction of sp³-hybridized carbons (Fsp3) is 0.190. The van der Waals surface area contributed by atoms with Crippen molar-refractivity contribution in [2.45, 2.75) is 11.0 Å². The number of amides is 1. The molecule has 0 bridgehead atoms. The van der Waals surface area contributed by atoms with Crippen LogP contribution in [0.3, 0.4) is 0 Å². The van der Waals surface area contributed by atoms with E-state index in [9.17, 15) is 4.79 Å². The Hall–Kier alpha value is -2.66. The Labute approximate surface area is 156 Å². The van der Waals surface area contributed by atoms with Gasteiger partial charge in [-0.2, -0.15) is 0 Å². The first kappa shape index (κ1) is 16.8. The molecule has 26 heavy (non-hydrogen) atoms. The molecule has 0 spiro atoms. The molecule has 1 aliphatic rings. The van der Waals surface area contributed by atoms with Gasteiger partial charge in [0.05, 0.1) is 12.3 Å². The number of para-hydroxylation sites is 2. The van der Waals surface area contributed by atoms with Crippen LogP contribution < -0.4 is 14.8 Å². The van der Waals surface area contributed by atoms with Crippen LogP contribution in [0.2, 0.25) is 0 Å². The molecule has 5 heteroatoms. The number of hydrogen-bond acceptors (Lipinski definition) is 4. The van der Waals surface area contributed by atoms with Crippen LogP contribution in [0.25, 0.3) is 10.8 Å². The van der Waals surface area contributed by atoms with Crippen LogP contribution in [0, 0.1) is 0 Å². The van der Waals surface area contributed by atoms with Crippen molar-refractivity contribution in [2.24, 2.45) is 0 Å². The number of rotatable bonds is 5. The molecule has 1 atom stereocenters. The molecule has 1 heterocycles. The molecule has 0 saturated heterocycles. The molecule has 0 radical (unpaired) electrons. The normalized spacial score (nSPS) is 15.6. The van der Waals surface area contributed by atoms with Gasteiger partial charge in [0, 0.05) is 4.90 Å². The molecule has 0 aromatic heterocycles. The van der Waals surface area contributed by atoms with Gasteiger partial charge in [0.2, 0.25) is 5.91 Å². The number of carbonyl (C=O) groups is 1. The molecular formula is C21H19NO3S. The third kappa shape index (κ3) is 3.94. The monoisotopic (exact) mass is 365 g/mol. The van der Waals surface area contributed by atoms with E-state index in [1.807, 2.05) is 36.4 Å². The SMILES string of the molecule is O=C(CSc1ccc2ccccc2c1)NCC1COc2ccccc2O1. The van der Waals surface area contributed by atoms with Gasteiger partial charge < -0.3 is 14.8 Å². The first-order valence-electron chi connectivity index (χ1n) is 8.55. The van der Waals surface area contributed by atoms with E-state index in [0.717, 1.165) is 16.4 Å². The van der Waals surface area contributed by atoms with E-state index >= 15 is 0 Å². The highest BCUT2D eigenvalue weighted by Crippen LogP contribution is 2.30. The molecule has 0 saturated carbocycles. The Balaban J connectivity index is 1.26. The minimum Gasteiger partial charge on any atom is -0.486 e. The maximum atomic E-state index is 12.1. The van der Waals surface area contributed by atoms with E-state index in [0.29, 0.717) is 18.9 Å². The van der Waals surface area contributed by atoms with E-state index in [1.165, 1.54) is 22.5 Å². The first-order valence-corrected chi connectivity index (χ1v) is 9.53. The molecule has 4 nitrogen and oxygen atoms in total. The predicted octanol–water partition coefficient (Wildman–Crippen LogP) is 3.89. The number of thioether (sulfide) groups is 1. The fourth-order valence-electron chi connectivity index (χ4n) is 2.85. The highest BCUT2D eigenvalue weighted by molar-refractivity contribution is 8.00. The molecule has 132 valence electrons. The quantitative estimate of drug-likeness (QED) is 0.697. The lowest BCUT2D eigenvalue weighted by molar-refractivity contribution is -0.119. The first-order chi connectivity index (χ1) is 12.8. The second-order valence-electron chi connectivity index (χ2n) is 6.10. The number of carbonyl (C=O) groups excluding carboxylic acids is 1. The van der Waals surface area contributed by atoms with Gasteiger partial charge >= 0.3 is 0 Å². The molecule has 1 aliphatic heterocycles. The third-order valence-electron chi connectivity index (χ3n) is 4.19. The van der Waals surface area contributed by atoms with Gasteiger partial charge in [-0.25, -0.2) is 0 Å². The molecule has 3 aromatic carbocycles. The Morgan fingerprint density at radius 1 is 1.00 bits per heavy atom. The highest BCUT2D eigenvalue weighted by atomic mass is 32.2. The van der Waals surface area contributed by atoms with Crippen molar-refractivity contribution in [1.82, 2.24) is 5.32 Å². The van der Waals surface area contributed by atoms with Gasteiger partial charge in [-0.15, -0.1) is 11.8 Å². The molecule has 0 aliphatic carbocycles. The standard InChI is InChI=1S/C21H19NO3S/c23-21(14-26-18-10-9-15-5-1-2-6-16(15)11-18)22-12-17-13-24-19-7-3-4-8-20(19)25-17/h1-11,17H,12-14H2,(H,22,23). The van der Waals surface area contributed by atoms with Crippen molar-refractivity contribution in [3.63, 3.8) is 0 Å². The van der Waals surface area contributed by atoms with Gasteiger partial charge in [-0.1, -0.05) is 42.5 Å². The zero-order valence-corrected chi connectivity index (χ0v) is 15.0. The van der Waals surface area contributed by atoms with Crippen LogP contribution in [-0.2, 0) is 4.79 Å². The molecule has 1 unspecified atom stereocenters. The summed E-state index contributed by atoms with van der Waals surface area (Å²) in [6.07, 6.45) is -0.167. The van der Waals surface area contributed by atoms with Gasteiger partial charge in [0.25, 0.3) is 0 Å². The summed E-state index contributed by atoms with van der Waals surface area (Å²) in [4.78, 5) is 13.2. The smallest absolute Gasteiger partial charge is 0.230 e. The molecule has 1 amide bonds. The zero-order chi connectivity index (χ0) is 17.8. The van der Waals surface area contributed by atoms with Gasteiger partial charge in [-0.3, -0.25) is 4.79 Å². The van der Waals surface area contributed by atoms with E-state index in [4.69, 9.17) is 9.47 Å². The minimum atomic E-state index is -0.167. The average Bonchev–Trinajstić information content (AvgIpc) is 2.70. The number of benzene rings is 3. The molecule has 1 N–H and O–H groups in total. The molecule has 0 fully saturated rings. The lowest BCUT2D eigenvalue weighted by atomic mass is 10.1. The topological polar surface area (TPSA) is 47.6 Å². The van der Waals surface area contributed by atoms with Gasteiger partial charge in [0.15, 0.2) is 11.5 Å². The summed E-state index contributed by atoms with van der Waals surface area (Å²) in [6.45, 7) is 0.876. The van der Waals surface area contributed by atoms with Crippen molar-refractivity contribution in [1.29, 1.82) is 0 Å². The summed E-state index contributed by atoms with van der Waals surface area (Å²) in [5.41, 5.74) is 0. The summed E-state index contributed by atoms with van der Waals surface area (Å²) < 4.78 is 11.5. The maximum Gasteiger partial charge on any atom is 0.230 e. The predicted molar refractivity (Wildman–Crippen MR) is 104 cm³/mol. The number of fused-ring (bicyclic) bond motifs is 2. The van der Waals surface area contributed by atoms with Crippen molar-refractivity contribution < 1.29 is 14.3 Å².